The number of hydrogen-bond donors (Lipinski definition) is 1. The van der Waals surface area contributed by atoms with Crippen molar-refractivity contribution in [3.05, 3.63) is 59.5 Å². The summed E-state index contributed by atoms with van der Waals surface area (Å²) >= 11 is 6.08. The number of nitrogens with zero attached hydrogens (tertiary/aromatic N) is 4. The summed E-state index contributed by atoms with van der Waals surface area (Å²) in [6.07, 6.45) is 3.77. The number of hydrogen-bond acceptors (Lipinski definition) is 4. The van der Waals surface area contributed by atoms with Crippen molar-refractivity contribution in [3.63, 3.8) is 0 Å². The van der Waals surface area contributed by atoms with Crippen LogP contribution in [0, 0.1) is 0 Å². The van der Waals surface area contributed by atoms with E-state index in [9.17, 15) is 0 Å². The first-order chi connectivity index (χ1) is 10.2. The molecule has 2 heterocycles. The van der Waals surface area contributed by atoms with E-state index in [0.29, 0.717) is 23.3 Å². The molecule has 21 heavy (non-hydrogen) atoms. The first-order valence-corrected chi connectivity index (χ1v) is 6.90. The average Bonchev–Trinajstić information content (AvgIpc) is 2.91. The maximum absolute atomic E-state index is 6.08. The molecule has 1 N–H and O–H groups in total. The van der Waals surface area contributed by atoms with E-state index in [2.05, 4.69) is 20.4 Å². The van der Waals surface area contributed by atoms with Crippen molar-refractivity contribution in [1.29, 1.82) is 0 Å². The Labute approximate surface area is 127 Å². The first-order valence-electron chi connectivity index (χ1n) is 6.52. The lowest BCUT2D eigenvalue weighted by Gasteiger charge is -2.07. The van der Waals surface area contributed by atoms with Crippen LogP contribution < -0.4 is 5.32 Å². The van der Waals surface area contributed by atoms with Gasteiger partial charge < -0.3 is 5.32 Å². The molecule has 2 aromatic heterocycles. The SMILES string of the molecule is Cn1cc(CNc2cc(Cl)nc(-c3ccccc3)n2)cn1. The van der Waals surface area contributed by atoms with Crippen molar-refractivity contribution in [2.45, 2.75) is 6.54 Å². The second-order valence-corrected chi connectivity index (χ2v) is 5.03. The number of aryl methyl sites for hydroxylation is 1. The van der Waals surface area contributed by atoms with Gasteiger partial charge in [0.25, 0.3) is 0 Å². The maximum atomic E-state index is 6.08. The topological polar surface area (TPSA) is 55.6 Å². The average molecular weight is 300 g/mol. The molecule has 6 heteroatoms. The van der Waals surface area contributed by atoms with Crippen molar-refractivity contribution in [2.75, 3.05) is 5.32 Å². The van der Waals surface area contributed by atoms with E-state index in [4.69, 9.17) is 11.6 Å². The van der Waals surface area contributed by atoms with Gasteiger partial charge in [-0.1, -0.05) is 41.9 Å². The highest BCUT2D eigenvalue weighted by Crippen LogP contribution is 2.20. The summed E-state index contributed by atoms with van der Waals surface area (Å²) in [4.78, 5) is 8.75. The number of halogens is 1. The van der Waals surface area contributed by atoms with Gasteiger partial charge in [-0.25, -0.2) is 9.97 Å². The minimum atomic E-state index is 0.414. The first kappa shape index (κ1) is 13.6. The lowest BCUT2D eigenvalue weighted by Crippen LogP contribution is -2.02. The third-order valence-corrected chi connectivity index (χ3v) is 3.15. The van der Waals surface area contributed by atoms with Gasteiger partial charge in [0.05, 0.1) is 6.20 Å². The van der Waals surface area contributed by atoms with Crippen molar-refractivity contribution in [3.8, 4) is 11.4 Å². The minimum absolute atomic E-state index is 0.414. The normalized spacial score (nSPS) is 10.6. The van der Waals surface area contributed by atoms with Crippen molar-refractivity contribution in [2.24, 2.45) is 7.05 Å². The predicted octanol–water partition coefficient (Wildman–Crippen LogP) is 3.14. The number of anilines is 1. The standard InChI is InChI=1S/C15H14ClN5/c1-21-10-11(9-18-21)8-17-14-7-13(16)19-15(20-14)12-5-3-2-4-6-12/h2-7,9-10H,8H2,1H3,(H,17,19,20). The quantitative estimate of drug-likeness (QED) is 0.752. The Morgan fingerprint density at radius 2 is 2.00 bits per heavy atom. The van der Waals surface area contributed by atoms with Crippen LogP contribution in [0.1, 0.15) is 5.56 Å². The molecular formula is C15H14ClN5. The van der Waals surface area contributed by atoms with Gasteiger partial charge in [-0.15, -0.1) is 0 Å². The monoisotopic (exact) mass is 299 g/mol. The summed E-state index contributed by atoms with van der Waals surface area (Å²) in [5, 5.41) is 7.78. The third kappa shape index (κ3) is 3.38. The molecule has 1 aromatic carbocycles. The molecule has 0 radical (unpaired) electrons. The van der Waals surface area contributed by atoms with Crippen LogP contribution in [0.3, 0.4) is 0 Å². The van der Waals surface area contributed by atoms with Gasteiger partial charge in [0.15, 0.2) is 5.82 Å². The molecule has 0 aliphatic heterocycles. The lowest BCUT2D eigenvalue weighted by atomic mass is 10.2. The predicted molar refractivity (Wildman–Crippen MR) is 83.0 cm³/mol. The Balaban J connectivity index is 1.81. The lowest BCUT2D eigenvalue weighted by molar-refractivity contribution is 0.767. The Hall–Kier alpha value is -2.40. The molecule has 0 amide bonds. The number of benzene rings is 1. The molecule has 0 aliphatic carbocycles. The van der Waals surface area contributed by atoms with Crippen LogP contribution in [0.25, 0.3) is 11.4 Å². The van der Waals surface area contributed by atoms with Gasteiger partial charge in [0, 0.05) is 37.0 Å². The summed E-state index contributed by atoms with van der Waals surface area (Å²) < 4.78 is 1.76. The zero-order valence-electron chi connectivity index (χ0n) is 11.5. The van der Waals surface area contributed by atoms with Crippen LogP contribution in [-0.4, -0.2) is 19.7 Å². The van der Waals surface area contributed by atoms with Gasteiger partial charge in [-0.2, -0.15) is 5.10 Å². The molecule has 0 aliphatic rings. The van der Waals surface area contributed by atoms with Gasteiger partial charge in [0.2, 0.25) is 0 Å². The largest absolute Gasteiger partial charge is 0.366 e. The van der Waals surface area contributed by atoms with E-state index < -0.39 is 0 Å². The zero-order valence-corrected chi connectivity index (χ0v) is 12.2. The molecule has 0 saturated carbocycles. The summed E-state index contributed by atoms with van der Waals surface area (Å²) in [6, 6.07) is 11.5. The Morgan fingerprint density at radius 3 is 2.71 bits per heavy atom. The fraction of sp³-hybridized carbons (Fsp3) is 0.133. The summed E-state index contributed by atoms with van der Waals surface area (Å²) in [5.41, 5.74) is 2.01. The molecule has 0 saturated heterocycles. The number of aromatic nitrogens is 4. The molecule has 0 unspecified atom stereocenters. The van der Waals surface area contributed by atoms with Crippen LogP contribution in [0.2, 0.25) is 5.15 Å². The van der Waals surface area contributed by atoms with E-state index >= 15 is 0 Å². The fourth-order valence-corrected chi connectivity index (χ4v) is 2.16. The third-order valence-electron chi connectivity index (χ3n) is 2.96. The molecule has 0 fully saturated rings. The van der Waals surface area contributed by atoms with E-state index in [1.54, 1.807) is 10.7 Å². The van der Waals surface area contributed by atoms with E-state index in [1.165, 1.54) is 0 Å². The van der Waals surface area contributed by atoms with Gasteiger partial charge in [-0.3, -0.25) is 4.68 Å². The second kappa shape index (κ2) is 5.93. The van der Waals surface area contributed by atoms with E-state index in [0.717, 1.165) is 11.1 Å². The Bertz CT molecular complexity index is 739. The van der Waals surface area contributed by atoms with Crippen LogP contribution in [-0.2, 0) is 13.6 Å². The van der Waals surface area contributed by atoms with Crippen LogP contribution in [0.15, 0.2) is 48.8 Å². The molecule has 3 aromatic rings. The van der Waals surface area contributed by atoms with E-state index in [-0.39, 0.29) is 0 Å². The van der Waals surface area contributed by atoms with Crippen molar-refractivity contribution >= 4 is 17.4 Å². The minimum Gasteiger partial charge on any atom is -0.366 e. The summed E-state index contributed by atoms with van der Waals surface area (Å²) in [5.74, 6) is 1.30. The van der Waals surface area contributed by atoms with Crippen molar-refractivity contribution in [1.82, 2.24) is 19.7 Å². The van der Waals surface area contributed by atoms with Gasteiger partial charge in [-0.05, 0) is 0 Å². The Morgan fingerprint density at radius 1 is 1.19 bits per heavy atom. The van der Waals surface area contributed by atoms with Gasteiger partial charge in [0.1, 0.15) is 11.0 Å². The fourth-order valence-electron chi connectivity index (χ4n) is 1.98. The van der Waals surface area contributed by atoms with Crippen LogP contribution in [0.5, 0.6) is 0 Å². The van der Waals surface area contributed by atoms with Crippen LogP contribution >= 0.6 is 11.6 Å². The number of rotatable bonds is 4. The maximum Gasteiger partial charge on any atom is 0.163 e. The smallest absolute Gasteiger partial charge is 0.163 e. The summed E-state index contributed by atoms with van der Waals surface area (Å²) in [7, 11) is 1.89. The molecule has 106 valence electrons. The van der Waals surface area contributed by atoms with Crippen molar-refractivity contribution < 1.29 is 0 Å². The molecular weight excluding hydrogens is 286 g/mol. The molecule has 5 nitrogen and oxygen atoms in total. The summed E-state index contributed by atoms with van der Waals surface area (Å²) in [6.45, 7) is 0.634. The second-order valence-electron chi connectivity index (χ2n) is 4.64. The molecule has 0 bridgehead atoms. The molecule has 0 atom stereocenters. The molecule has 0 spiro atoms. The Kier molecular flexibility index (Phi) is 3.83. The number of nitrogens with one attached hydrogen (secondary N) is 1. The van der Waals surface area contributed by atoms with E-state index in [1.807, 2.05) is 49.8 Å². The molecule has 3 rings (SSSR count). The van der Waals surface area contributed by atoms with Crippen LogP contribution in [0.4, 0.5) is 5.82 Å². The van der Waals surface area contributed by atoms with Gasteiger partial charge >= 0.3 is 0 Å². The highest BCUT2D eigenvalue weighted by Gasteiger charge is 2.06. The highest BCUT2D eigenvalue weighted by atomic mass is 35.5. The highest BCUT2D eigenvalue weighted by molar-refractivity contribution is 6.29. The zero-order chi connectivity index (χ0) is 14.7.